The molecule has 0 unspecified atom stereocenters. The molecule has 2 aromatic carbocycles. The third-order valence-electron chi connectivity index (χ3n) is 3.96. The van der Waals surface area contributed by atoms with E-state index in [1.807, 2.05) is 18.2 Å². The lowest BCUT2D eigenvalue weighted by atomic mass is 9.86. The van der Waals surface area contributed by atoms with Crippen LogP contribution in [0.1, 0.15) is 36.8 Å². The number of carbonyl (C=O) groups excluding carboxylic acids is 1. The van der Waals surface area contributed by atoms with E-state index in [9.17, 15) is 9.18 Å². The number of nitrogens with one attached hydrogen (secondary N) is 2. The van der Waals surface area contributed by atoms with Crippen LogP contribution in [0.2, 0.25) is 0 Å². The zero-order chi connectivity index (χ0) is 19.4. The monoisotopic (exact) mass is 364 g/mol. The minimum Gasteiger partial charge on any atom is -0.339 e. The third-order valence-corrected chi connectivity index (χ3v) is 3.96. The second-order valence-corrected chi connectivity index (χ2v) is 7.17. The summed E-state index contributed by atoms with van der Waals surface area (Å²) in [6.07, 6.45) is 2.89. The highest BCUT2D eigenvalue weighted by molar-refractivity contribution is 6.02. The Morgan fingerprint density at radius 2 is 1.78 bits per heavy atom. The molecule has 1 amide bonds. The molecule has 138 valence electrons. The molecule has 0 saturated heterocycles. The van der Waals surface area contributed by atoms with Crippen LogP contribution < -0.4 is 10.6 Å². The second kappa shape index (κ2) is 7.53. The Kier molecular flexibility index (Phi) is 5.16. The Hall–Kier alpha value is -3.28. The van der Waals surface area contributed by atoms with Crippen LogP contribution in [-0.4, -0.2) is 15.9 Å². The van der Waals surface area contributed by atoms with Crippen molar-refractivity contribution >= 4 is 23.1 Å². The Morgan fingerprint density at radius 1 is 1.00 bits per heavy atom. The molecule has 1 aromatic heterocycles. The van der Waals surface area contributed by atoms with Crippen molar-refractivity contribution in [1.29, 1.82) is 0 Å². The summed E-state index contributed by atoms with van der Waals surface area (Å²) >= 11 is 0. The van der Waals surface area contributed by atoms with Crippen LogP contribution in [-0.2, 0) is 5.41 Å². The van der Waals surface area contributed by atoms with Crippen LogP contribution >= 0.6 is 0 Å². The van der Waals surface area contributed by atoms with Crippen LogP contribution in [0.4, 0.5) is 21.6 Å². The van der Waals surface area contributed by atoms with Crippen molar-refractivity contribution < 1.29 is 9.18 Å². The second-order valence-electron chi connectivity index (χ2n) is 7.17. The lowest BCUT2D eigenvalue weighted by Gasteiger charge is -2.23. The standard InChI is InChI=1S/C21H21FN4O/c1-21(2,3)16-9-4-5-10-17(16)26-19-13-23-18(12-24-19)20(27)25-15-8-6-7-14(22)11-15/h4-13H,1-3H3,(H,24,26)(H,25,27). The zero-order valence-corrected chi connectivity index (χ0v) is 15.5. The van der Waals surface area contributed by atoms with E-state index in [-0.39, 0.29) is 11.1 Å². The Labute approximate surface area is 157 Å². The summed E-state index contributed by atoms with van der Waals surface area (Å²) in [7, 11) is 0. The van der Waals surface area contributed by atoms with Gasteiger partial charge in [0.1, 0.15) is 17.3 Å². The summed E-state index contributed by atoms with van der Waals surface area (Å²) in [5.41, 5.74) is 2.58. The van der Waals surface area contributed by atoms with E-state index in [0.717, 1.165) is 11.3 Å². The number of hydrogen-bond acceptors (Lipinski definition) is 4. The molecule has 27 heavy (non-hydrogen) atoms. The Balaban J connectivity index is 1.74. The molecule has 0 saturated carbocycles. The molecule has 0 bridgehead atoms. The minimum absolute atomic E-state index is 0.0260. The maximum Gasteiger partial charge on any atom is 0.275 e. The predicted octanol–water partition coefficient (Wildman–Crippen LogP) is 4.91. The predicted molar refractivity (Wildman–Crippen MR) is 105 cm³/mol. The van der Waals surface area contributed by atoms with Gasteiger partial charge in [-0.1, -0.05) is 45.0 Å². The largest absolute Gasteiger partial charge is 0.339 e. The van der Waals surface area contributed by atoms with Gasteiger partial charge in [0.15, 0.2) is 0 Å². The van der Waals surface area contributed by atoms with E-state index in [2.05, 4.69) is 47.4 Å². The summed E-state index contributed by atoms with van der Waals surface area (Å²) in [5.74, 6) is -0.334. The SMILES string of the molecule is CC(C)(C)c1ccccc1Nc1cnc(C(=O)Nc2cccc(F)c2)cn1. The molecule has 2 N–H and O–H groups in total. The first-order chi connectivity index (χ1) is 12.8. The Morgan fingerprint density at radius 3 is 2.44 bits per heavy atom. The zero-order valence-electron chi connectivity index (χ0n) is 15.5. The van der Waals surface area contributed by atoms with E-state index < -0.39 is 11.7 Å². The van der Waals surface area contributed by atoms with Crippen molar-refractivity contribution in [1.82, 2.24) is 9.97 Å². The molecule has 3 rings (SSSR count). The number of halogens is 1. The van der Waals surface area contributed by atoms with Crippen LogP contribution in [0.15, 0.2) is 60.9 Å². The van der Waals surface area contributed by atoms with E-state index >= 15 is 0 Å². The lowest BCUT2D eigenvalue weighted by molar-refractivity contribution is 0.102. The highest BCUT2D eigenvalue weighted by Crippen LogP contribution is 2.30. The molecule has 5 nitrogen and oxygen atoms in total. The van der Waals surface area contributed by atoms with E-state index in [1.165, 1.54) is 30.6 Å². The maximum atomic E-state index is 13.2. The molecular weight excluding hydrogens is 343 g/mol. The smallest absolute Gasteiger partial charge is 0.275 e. The topological polar surface area (TPSA) is 66.9 Å². The van der Waals surface area contributed by atoms with Crippen LogP contribution in [0.5, 0.6) is 0 Å². The summed E-state index contributed by atoms with van der Waals surface area (Å²) < 4.78 is 13.2. The number of para-hydroxylation sites is 1. The number of amides is 1. The van der Waals surface area contributed by atoms with Crippen molar-refractivity contribution in [2.45, 2.75) is 26.2 Å². The highest BCUT2D eigenvalue weighted by atomic mass is 19.1. The van der Waals surface area contributed by atoms with Gasteiger partial charge in [-0.25, -0.2) is 14.4 Å². The maximum absolute atomic E-state index is 13.2. The molecule has 0 fully saturated rings. The van der Waals surface area contributed by atoms with Gasteiger partial charge in [0, 0.05) is 11.4 Å². The molecular formula is C21H21FN4O. The van der Waals surface area contributed by atoms with Gasteiger partial charge >= 0.3 is 0 Å². The quantitative estimate of drug-likeness (QED) is 0.690. The normalized spacial score (nSPS) is 11.1. The van der Waals surface area contributed by atoms with Gasteiger partial charge in [-0.3, -0.25) is 4.79 Å². The first-order valence-corrected chi connectivity index (χ1v) is 8.58. The van der Waals surface area contributed by atoms with Gasteiger partial charge in [-0.05, 0) is 35.2 Å². The van der Waals surface area contributed by atoms with E-state index in [4.69, 9.17) is 0 Å². The number of rotatable bonds is 4. The van der Waals surface area contributed by atoms with Crippen LogP contribution in [0.25, 0.3) is 0 Å². The molecule has 3 aromatic rings. The van der Waals surface area contributed by atoms with E-state index in [0.29, 0.717) is 11.5 Å². The van der Waals surface area contributed by atoms with E-state index in [1.54, 1.807) is 6.07 Å². The number of nitrogens with zero attached hydrogens (tertiary/aromatic N) is 2. The third kappa shape index (κ3) is 4.67. The lowest BCUT2D eigenvalue weighted by Crippen LogP contribution is -2.15. The molecule has 0 aliphatic heterocycles. The fraction of sp³-hybridized carbons (Fsp3) is 0.190. The molecule has 0 spiro atoms. The average Bonchev–Trinajstić information content (AvgIpc) is 2.62. The van der Waals surface area contributed by atoms with Gasteiger partial charge < -0.3 is 10.6 Å². The number of carbonyl (C=O) groups is 1. The molecule has 6 heteroatoms. The Bertz CT molecular complexity index is 949. The van der Waals surface area contributed by atoms with Crippen LogP contribution in [0.3, 0.4) is 0 Å². The molecule has 0 radical (unpaired) electrons. The fourth-order valence-corrected chi connectivity index (χ4v) is 2.66. The number of aromatic nitrogens is 2. The summed E-state index contributed by atoms with van der Waals surface area (Å²) in [6, 6.07) is 13.7. The molecule has 0 atom stereocenters. The van der Waals surface area contributed by atoms with Crippen molar-refractivity contribution in [2.24, 2.45) is 0 Å². The van der Waals surface area contributed by atoms with Crippen molar-refractivity contribution in [2.75, 3.05) is 10.6 Å². The summed E-state index contributed by atoms with van der Waals surface area (Å²) in [5, 5.41) is 5.84. The minimum atomic E-state index is -0.449. The highest BCUT2D eigenvalue weighted by Gasteiger charge is 2.18. The number of benzene rings is 2. The van der Waals surface area contributed by atoms with Crippen LogP contribution in [0, 0.1) is 5.82 Å². The van der Waals surface area contributed by atoms with Gasteiger partial charge in [-0.2, -0.15) is 0 Å². The molecule has 0 aliphatic carbocycles. The summed E-state index contributed by atoms with van der Waals surface area (Å²) in [4.78, 5) is 20.6. The van der Waals surface area contributed by atoms with Crippen molar-refractivity contribution in [3.05, 3.63) is 78.0 Å². The van der Waals surface area contributed by atoms with Gasteiger partial charge in [0.05, 0.1) is 12.4 Å². The first-order valence-electron chi connectivity index (χ1n) is 8.58. The average molecular weight is 364 g/mol. The molecule has 0 aliphatic rings. The van der Waals surface area contributed by atoms with Crippen molar-refractivity contribution in [3.63, 3.8) is 0 Å². The molecule has 1 heterocycles. The first kappa shape index (κ1) is 18.5. The van der Waals surface area contributed by atoms with Gasteiger partial charge in [0.2, 0.25) is 0 Å². The van der Waals surface area contributed by atoms with Gasteiger partial charge in [0.25, 0.3) is 5.91 Å². The van der Waals surface area contributed by atoms with Gasteiger partial charge in [-0.15, -0.1) is 0 Å². The number of anilines is 3. The number of hydrogen-bond donors (Lipinski definition) is 2. The summed E-state index contributed by atoms with van der Waals surface area (Å²) in [6.45, 7) is 6.41. The fourth-order valence-electron chi connectivity index (χ4n) is 2.66. The van der Waals surface area contributed by atoms with Crippen molar-refractivity contribution in [3.8, 4) is 0 Å².